The molecule has 0 spiro atoms. The minimum Gasteiger partial charge on any atom is -0.481 e. The number of hydrogen-bond acceptors (Lipinski definition) is 4. The summed E-state index contributed by atoms with van der Waals surface area (Å²) in [5.74, 6) is -0.843. The molecule has 120 valence electrons. The predicted molar refractivity (Wildman–Crippen MR) is 82.9 cm³/mol. The molecule has 1 aromatic heterocycles. The summed E-state index contributed by atoms with van der Waals surface area (Å²) in [6.07, 6.45) is 0.458. The standard InChI is InChI=1S/C17H18N2O4/c1-10-13(17(21)22)8-9-19(10)16(20)14-15(23-11(2)18-14)12-6-4-3-5-7-12/h3-7,10,13H,8-9H2,1-2H3,(H,21,22). The lowest BCUT2D eigenvalue weighted by Gasteiger charge is -2.22. The summed E-state index contributed by atoms with van der Waals surface area (Å²) in [7, 11) is 0. The van der Waals surface area contributed by atoms with Crippen LogP contribution in [0.15, 0.2) is 34.7 Å². The molecule has 1 fully saturated rings. The van der Waals surface area contributed by atoms with Gasteiger partial charge in [0.25, 0.3) is 5.91 Å². The molecule has 1 aliphatic heterocycles. The van der Waals surface area contributed by atoms with Crippen LogP contribution in [0.25, 0.3) is 11.3 Å². The second kappa shape index (κ2) is 5.87. The molecule has 2 heterocycles. The van der Waals surface area contributed by atoms with Gasteiger partial charge in [-0.2, -0.15) is 0 Å². The van der Waals surface area contributed by atoms with E-state index in [-0.39, 0.29) is 17.6 Å². The van der Waals surface area contributed by atoms with Gasteiger partial charge in [-0.1, -0.05) is 30.3 Å². The summed E-state index contributed by atoms with van der Waals surface area (Å²) < 4.78 is 5.62. The summed E-state index contributed by atoms with van der Waals surface area (Å²) >= 11 is 0. The first kappa shape index (κ1) is 15.3. The van der Waals surface area contributed by atoms with Gasteiger partial charge >= 0.3 is 5.97 Å². The highest BCUT2D eigenvalue weighted by Gasteiger charge is 2.40. The summed E-state index contributed by atoms with van der Waals surface area (Å²) in [5, 5.41) is 9.22. The van der Waals surface area contributed by atoms with Crippen molar-refractivity contribution in [1.82, 2.24) is 9.88 Å². The number of carbonyl (C=O) groups is 2. The van der Waals surface area contributed by atoms with Crippen LogP contribution in [-0.4, -0.2) is 39.5 Å². The van der Waals surface area contributed by atoms with Gasteiger partial charge in [-0.15, -0.1) is 0 Å². The van der Waals surface area contributed by atoms with Crippen molar-refractivity contribution < 1.29 is 19.1 Å². The van der Waals surface area contributed by atoms with Gasteiger partial charge in [-0.3, -0.25) is 9.59 Å². The van der Waals surface area contributed by atoms with E-state index in [1.54, 1.807) is 18.7 Å². The number of oxazole rings is 1. The molecule has 6 heteroatoms. The minimum atomic E-state index is -0.868. The first-order chi connectivity index (χ1) is 11.0. The number of benzene rings is 1. The van der Waals surface area contributed by atoms with Crippen molar-refractivity contribution in [3.05, 3.63) is 41.9 Å². The number of carboxylic acid groups (broad SMARTS) is 1. The van der Waals surface area contributed by atoms with Crippen LogP contribution in [0.5, 0.6) is 0 Å². The van der Waals surface area contributed by atoms with E-state index in [0.29, 0.717) is 24.6 Å². The molecular formula is C17H18N2O4. The van der Waals surface area contributed by atoms with Gasteiger partial charge in [0.15, 0.2) is 17.3 Å². The molecule has 6 nitrogen and oxygen atoms in total. The Morgan fingerprint density at radius 2 is 2.00 bits per heavy atom. The summed E-state index contributed by atoms with van der Waals surface area (Å²) in [6, 6.07) is 8.95. The molecule has 2 atom stereocenters. The largest absolute Gasteiger partial charge is 0.481 e. The Labute approximate surface area is 133 Å². The molecule has 1 saturated heterocycles. The van der Waals surface area contributed by atoms with Gasteiger partial charge in [0, 0.05) is 25.1 Å². The monoisotopic (exact) mass is 314 g/mol. The number of aromatic nitrogens is 1. The maximum Gasteiger partial charge on any atom is 0.308 e. The maximum atomic E-state index is 12.8. The molecule has 3 rings (SSSR count). The van der Waals surface area contributed by atoms with Gasteiger partial charge < -0.3 is 14.4 Å². The minimum absolute atomic E-state index is 0.242. The zero-order chi connectivity index (χ0) is 16.6. The molecule has 23 heavy (non-hydrogen) atoms. The Bertz CT molecular complexity index is 738. The van der Waals surface area contributed by atoms with Crippen molar-refractivity contribution >= 4 is 11.9 Å². The quantitative estimate of drug-likeness (QED) is 0.941. The second-order valence-corrected chi connectivity index (χ2v) is 5.75. The van der Waals surface area contributed by atoms with Crippen LogP contribution in [0.3, 0.4) is 0 Å². The third kappa shape index (κ3) is 2.72. The van der Waals surface area contributed by atoms with Crippen molar-refractivity contribution in [2.24, 2.45) is 5.92 Å². The Hall–Kier alpha value is -2.63. The Morgan fingerprint density at radius 1 is 1.30 bits per heavy atom. The Kier molecular flexibility index (Phi) is 3.90. The number of carboxylic acids is 1. The van der Waals surface area contributed by atoms with Crippen molar-refractivity contribution in [3.63, 3.8) is 0 Å². The fourth-order valence-electron chi connectivity index (χ4n) is 3.05. The SMILES string of the molecule is Cc1nc(C(=O)N2CCC(C(=O)O)C2C)c(-c2ccccc2)o1. The zero-order valence-electron chi connectivity index (χ0n) is 13.0. The van der Waals surface area contributed by atoms with Gasteiger partial charge in [-0.05, 0) is 13.3 Å². The maximum absolute atomic E-state index is 12.8. The molecule has 0 radical (unpaired) electrons. The molecule has 1 aromatic carbocycles. The number of likely N-dealkylation sites (tertiary alicyclic amines) is 1. The molecular weight excluding hydrogens is 296 g/mol. The first-order valence-corrected chi connectivity index (χ1v) is 7.55. The number of aryl methyl sites for hydroxylation is 1. The van der Waals surface area contributed by atoms with Crippen molar-refractivity contribution in [1.29, 1.82) is 0 Å². The molecule has 1 N–H and O–H groups in total. The average Bonchev–Trinajstić information content (AvgIpc) is 3.11. The zero-order valence-corrected chi connectivity index (χ0v) is 13.0. The van der Waals surface area contributed by atoms with Crippen molar-refractivity contribution in [2.75, 3.05) is 6.54 Å². The van der Waals surface area contributed by atoms with E-state index < -0.39 is 11.9 Å². The van der Waals surface area contributed by atoms with E-state index >= 15 is 0 Å². The molecule has 2 unspecified atom stereocenters. The summed E-state index contributed by atoms with van der Waals surface area (Å²) in [6.45, 7) is 3.87. The number of nitrogens with zero attached hydrogens (tertiary/aromatic N) is 2. The second-order valence-electron chi connectivity index (χ2n) is 5.75. The predicted octanol–water partition coefficient (Wildman–Crippen LogP) is 2.59. The van der Waals surface area contributed by atoms with E-state index in [9.17, 15) is 14.7 Å². The van der Waals surface area contributed by atoms with Crippen LogP contribution in [-0.2, 0) is 4.79 Å². The van der Waals surface area contributed by atoms with Crippen LogP contribution < -0.4 is 0 Å². The lowest BCUT2D eigenvalue weighted by Crippen LogP contribution is -2.38. The smallest absolute Gasteiger partial charge is 0.308 e. The lowest BCUT2D eigenvalue weighted by atomic mass is 10.0. The van der Waals surface area contributed by atoms with E-state index in [0.717, 1.165) is 5.56 Å². The number of carbonyl (C=O) groups excluding carboxylic acids is 1. The summed E-state index contributed by atoms with van der Waals surface area (Å²) in [5.41, 5.74) is 1.02. The fraction of sp³-hybridized carbons (Fsp3) is 0.353. The normalized spacial score (nSPS) is 20.7. The number of rotatable bonds is 3. The molecule has 1 amide bonds. The Morgan fingerprint density at radius 3 is 2.61 bits per heavy atom. The molecule has 0 bridgehead atoms. The van der Waals surface area contributed by atoms with Gasteiger partial charge in [-0.25, -0.2) is 4.98 Å². The topological polar surface area (TPSA) is 83.6 Å². The highest BCUT2D eigenvalue weighted by Crippen LogP contribution is 2.30. The fourth-order valence-corrected chi connectivity index (χ4v) is 3.05. The lowest BCUT2D eigenvalue weighted by molar-refractivity contribution is -0.142. The third-order valence-corrected chi connectivity index (χ3v) is 4.31. The number of amides is 1. The highest BCUT2D eigenvalue weighted by molar-refractivity contribution is 5.98. The molecule has 0 saturated carbocycles. The van der Waals surface area contributed by atoms with Gasteiger partial charge in [0.2, 0.25) is 0 Å². The number of hydrogen-bond donors (Lipinski definition) is 1. The van der Waals surface area contributed by atoms with Crippen molar-refractivity contribution in [2.45, 2.75) is 26.3 Å². The molecule has 1 aliphatic rings. The van der Waals surface area contributed by atoms with Crippen LogP contribution in [0, 0.1) is 12.8 Å². The molecule has 2 aromatic rings. The van der Waals surface area contributed by atoms with Gasteiger partial charge in [0.05, 0.1) is 5.92 Å². The van der Waals surface area contributed by atoms with Gasteiger partial charge in [0.1, 0.15) is 0 Å². The van der Waals surface area contributed by atoms with E-state index in [1.165, 1.54) is 0 Å². The van der Waals surface area contributed by atoms with Crippen LogP contribution in [0.1, 0.15) is 29.7 Å². The van der Waals surface area contributed by atoms with E-state index in [2.05, 4.69) is 4.98 Å². The van der Waals surface area contributed by atoms with Crippen LogP contribution in [0.2, 0.25) is 0 Å². The summed E-state index contributed by atoms with van der Waals surface area (Å²) in [4.78, 5) is 29.9. The Balaban J connectivity index is 1.94. The average molecular weight is 314 g/mol. The first-order valence-electron chi connectivity index (χ1n) is 7.55. The van der Waals surface area contributed by atoms with E-state index in [1.807, 2.05) is 30.3 Å². The van der Waals surface area contributed by atoms with Crippen molar-refractivity contribution in [3.8, 4) is 11.3 Å². The highest BCUT2D eigenvalue weighted by atomic mass is 16.4. The number of aliphatic carboxylic acids is 1. The third-order valence-electron chi connectivity index (χ3n) is 4.31. The van der Waals surface area contributed by atoms with Crippen LogP contribution in [0.4, 0.5) is 0 Å². The molecule has 0 aliphatic carbocycles. The van der Waals surface area contributed by atoms with E-state index in [4.69, 9.17) is 4.42 Å². The van der Waals surface area contributed by atoms with Crippen LogP contribution >= 0.6 is 0 Å².